The minimum atomic E-state index is -4.46. The molecule has 1 aliphatic heterocycles. The molecule has 0 spiro atoms. The van der Waals surface area contributed by atoms with Crippen LogP contribution in [0.1, 0.15) is 12.5 Å². The van der Waals surface area contributed by atoms with Crippen molar-refractivity contribution < 1.29 is 17.6 Å². The normalized spacial score (nSPS) is 18.9. The van der Waals surface area contributed by atoms with Gasteiger partial charge in [0.2, 0.25) is 0 Å². The van der Waals surface area contributed by atoms with Gasteiger partial charge in [-0.2, -0.15) is 18.2 Å². The van der Waals surface area contributed by atoms with Crippen LogP contribution in [0.5, 0.6) is 0 Å². The first-order valence-electron chi connectivity index (χ1n) is 7.82. The lowest BCUT2D eigenvalue weighted by Gasteiger charge is -2.32. The Morgan fingerprint density at radius 2 is 2.20 bits per heavy atom. The number of rotatable bonds is 2. The smallest absolute Gasteiger partial charge is 0.416 e. The van der Waals surface area contributed by atoms with E-state index in [1.165, 1.54) is 11.3 Å². The number of halogens is 3. The minimum Gasteiger partial charge on any atom is -0.423 e. The summed E-state index contributed by atoms with van der Waals surface area (Å²) in [4.78, 5) is 10.4. The van der Waals surface area contributed by atoms with Crippen molar-refractivity contribution in [2.24, 2.45) is 0 Å². The number of aromatic nitrogens is 2. The summed E-state index contributed by atoms with van der Waals surface area (Å²) in [6.45, 7) is 4.25. The van der Waals surface area contributed by atoms with Gasteiger partial charge in [-0.1, -0.05) is 0 Å². The lowest BCUT2D eigenvalue weighted by Crippen LogP contribution is -2.50. The summed E-state index contributed by atoms with van der Waals surface area (Å²) in [5, 5.41) is 5.46. The van der Waals surface area contributed by atoms with Crippen LogP contribution >= 0.6 is 11.3 Å². The summed E-state index contributed by atoms with van der Waals surface area (Å²) in [6.07, 6.45) is -2.90. The van der Waals surface area contributed by atoms with Crippen LogP contribution < -0.4 is 10.2 Å². The first-order valence-corrected chi connectivity index (χ1v) is 8.70. The highest BCUT2D eigenvalue weighted by Crippen LogP contribution is 2.39. The fourth-order valence-corrected chi connectivity index (χ4v) is 3.60. The standard InChI is InChI=1S/C16H15F3N4OS/c1-9-8-20-2-4-23(9)15-22-12-7-10(16(17,18)19)6-11(13(12)24-15)14-21-3-5-25-14/h3,5-7,9,20H,2,4,8H2,1H3. The number of nitrogens with zero attached hydrogens (tertiary/aromatic N) is 3. The van der Waals surface area contributed by atoms with E-state index in [9.17, 15) is 13.2 Å². The number of thiazole rings is 1. The molecule has 0 amide bonds. The van der Waals surface area contributed by atoms with E-state index in [0.717, 1.165) is 25.2 Å². The predicted octanol–water partition coefficient (Wildman–Crippen LogP) is 3.77. The van der Waals surface area contributed by atoms with Crippen molar-refractivity contribution in [1.29, 1.82) is 0 Å². The van der Waals surface area contributed by atoms with Gasteiger partial charge in [-0.3, -0.25) is 0 Å². The molecule has 1 N–H and O–H groups in total. The molecule has 4 rings (SSSR count). The van der Waals surface area contributed by atoms with Crippen LogP contribution in [0.2, 0.25) is 0 Å². The van der Waals surface area contributed by atoms with Gasteiger partial charge in [-0.25, -0.2) is 4.98 Å². The fraction of sp³-hybridized carbons (Fsp3) is 0.375. The zero-order chi connectivity index (χ0) is 17.6. The van der Waals surface area contributed by atoms with Crippen molar-refractivity contribution in [3.63, 3.8) is 0 Å². The van der Waals surface area contributed by atoms with E-state index in [1.807, 2.05) is 11.8 Å². The van der Waals surface area contributed by atoms with Crippen LogP contribution in [0, 0.1) is 0 Å². The minimum absolute atomic E-state index is 0.146. The van der Waals surface area contributed by atoms with Crippen LogP contribution in [-0.2, 0) is 6.18 Å². The third-order valence-corrected chi connectivity index (χ3v) is 5.02. The zero-order valence-corrected chi connectivity index (χ0v) is 14.1. The van der Waals surface area contributed by atoms with E-state index in [0.29, 0.717) is 28.7 Å². The van der Waals surface area contributed by atoms with E-state index in [4.69, 9.17) is 4.42 Å². The van der Waals surface area contributed by atoms with Crippen molar-refractivity contribution in [2.75, 3.05) is 24.5 Å². The highest BCUT2D eigenvalue weighted by atomic mass is 32.1. The summed E-state index contributed by atoms with van der Waals surface area (Å²) in [5.41, 5.74) is 0.101. The van der Waals surface area contributed by atoms with E-state index >= 15 is 0 Å². The molecule has 1 unspecified atom stereocenters. The second kappa shape index (κ2) is 5.99. The molecule has 3 heterocycles. The number of benzene rings is 1. The van der Waals surface area contributed by atoms with Gasteiger partial charge in [0.15, 0.2) is 5.58 Å². The third-order valence-electron chi connectivity index (χ3n) is 4.22. The molecule has 1 aliphatic rings. The number of piperazine rings is 1. The molecule has 1 saturated heterocycles. The number of hydrogen-bond acceptors (Lipinski definition) is 6. The molecule has 0 radical (unpaired) electrons. The average Bonchev–Trinajstić information content (AvgIpc) is 3.23. The number of oxazole rings is 1. The van der Waals surface area contributed by atoms with Crippen molar-refractivity contribution >= 4 is 28.5 Å². The molecule has 0 saturated carbocycles. The maximum absolute atomic E-state index is 13.3. The summed E-state index contributed by atoms with van der Waals surface area (Å²) in [6, 6.07) is 2.61. The number of nitrogens with one attached hydrogen (secondary N) is 1. The Morgan fingerprint density at radius 1 is 1.36 bits per heavy atom. The topological polar surface area (TPSA) is 54.2 Å². The lowest BCUT2D eigenvalue weighted by atomic mass is 10.1. The second-order valence-corrected chi connectivity index (χ2v) is 6.84. The zero-order valence-electron chi connectivity index (χ0n) is 13.3. The van der Waals surface area contributed by atoms with Crippen LogP contribution in [0.4, 0.5) is 19.2 Å². The van der Waals surface area contributed by atoms with Crippen LogP contribution in [-0.4, -0.2) is 35.6 Å². The Hall–Kier alpha value is -2.13. The molecule has 0 aliphatic carbocycles. The Bertz CT molecular complexity index is 891. The molecule has 1 aromatic carbocycles. The molecular formula is C16H15F3N4OS. The predicted molar refractivity (Wildman–Crippen MR) is 89.8 cm³/mol. The molecular weight excluding hydrogens is 353 g/mol. The second-order valence-electron chi connectivity index (χ2n) is 5.95. The Balaban J connectivity index is 1.89. The fourth-order valence-electron chi connectivity index (χ4n) is 2.95. The average molecular weight is 368 g/mol. The van der Waals surface area contributed by atoms with Crippen molar-refractivity contribution in [1.82, 2.24) is 15.3 Å². The maximum atomic E-state index is 13.3. The molecule has 5 nitrogen and oxygen atoms in total. The lowest BCUT2D eigenvalue weighted by molar-refractivity contribution is -0.137. The number of alkyl halides is 3. The first-order chi connectivity index (χ1) is 11.9. The van der Waals surface area contributed by atoms with Gasteiger partial charge in [-0.15, -0.1) is 11.3 Å². The summed E-state index contributed by atoms with van der Waals surface area (Å²) >= 11 is 1.27. The highest BCUT2D eigenvalue weighted by molar-refractivity contribution is 7.13. The van der Waals surface area contributed by atoms with E-state index in [2.05, 4.69) is 15.3 Å². The number of hydrogen-bond donors (Lipinski definition) is 1. The van der Waals surface area contributed by atoms with Gasteiger partial charge in [-0.05, 0) is 19.1 Å². The van der Waals surface area contributed by atoms with Gasteiger partial charge in [0, 0.05) is 37.3 Å². The quantitative estimate of drug-likeness (QED) is 0.746. The third kappa shape index (κ3) is 2.98. The number of anilines is 1. The van der Waals surface area contributed by atoms with E-state index < -0.39 is 11.7 Å². The van der Waals surface area contributed by atoms with Crippen LogP contribution in [0.15, 0.2) is 28.1 Å². The molecule has 1 atom stereocenters. The van der Waals surface area contributed by atoms with Crippen LogP contribution in [0.25, 0.3) is 21.7 Å². The molecule has 25 heavy (non-hydrogen) atoms. The number of fused-ring (bicyclic) bond motifs is 1. The Kier molecular flexibility index (Phi) is 3.92. The molecule has 3 aromatic rings. The first kappa shape index (κ1) is 16.3. The summed E-state index contributed by atoms with van der Waals surface area (Å²) in [7, 11) is 0. The van der Waals surface area contributed by atoms with E-state index in [1.54, 1.807) is 11.6 Å². The molecule has 0 bridgehead atoms. The largest absolute Gasteiger partial charge is 0.423 e. The maximum Gasteiger partial charge on any atom is 0.416 e. The van der Waals surface area contributed by atoms with E-state index in [-0.39, 0.29) is 11.6 Å². The molecule has 2 aromatic heterocycles. The van der Waals surface area contributed by atoms with Crippen LogP contribution in [0.3, 0.4) is 0 Å². The summed E-state index contributed by atoms with van der Waals surface area (Å²) in [5.74, 6) is 0. The Morgan fingerprint density at radius 3 is 2.88 bits per heavy atom. The van der Waals surface area contributed by atoms with Gasteiger partial charge >= 0.3 is 6.18 Å². The Labute approximate surface area is 145 Å². The van der Waals surface area contributed by atoms with Gasteiger partial charge in [0.25, 0.3) is 6.01 Å². The van der Waals surface area contributed by atoms with Crippen molar-refractivity contribution in [3.05, 3.63) is 29.3 Å². The highest BCUT2D eigenvalue weighted by Gasteiger charge is 2.33. The van der Waals surface area contributed by atoms with Crippen molar-refractivity contribution in [2.45, 2.75) is 19.1 Å². The SMILES string of the molecule is CC1CNCCN1c1nc2cc(C(F)(F)F)cc(-c3nccs3)c2o1. The van der Waals surface area contributed by atoms with Gasteiger partial charge in [0.1, 0.15) is 10.5 Å². The molecule has 132 valence electrons. The molecule has 1 fully saturated rings. The monoisotopic (exact) mass is 368 g/mol. The molecule has 9 heteroatoms. The van der Waals surface area contributed by atoms with Crippen molar-refractivity contribution in [3.8, 4) is 10.6 Å². The van der Waals surface area contributed by atoms with Gasteiger partial charge in [0.05, 0.1) is 11.1 Å². The summed E-state index contributed by atoms with van der Waals surface area (Å²) < 4.78 is 45.7. The van der Waals surface area contributed by atoms with Gasteiger partial charge < -0.3 is 14.6 Å².